The Morgan fingerprint density at radius 3 is 2.38 bits per heavy atom. The van der Waals surface area contributed by atoms with Gasteiger partial charge in [-0.2, -0.15) is 0 Å². The van der Waals surface area contributed by atoms with E-state index in [2.05, 4.69) is 11.3 Å². The summed E-state index contributed by atoms with van der Waals surface area (Å²) in [6.45, 7) is 4.31. The molecule has 0 N–H and O–H groups in total. The number of ether oxygens (including phenoxy) is 1. The number of carbonyl (C=O) groups is 2. The van der Waals surface area contributed by atoms with Crippen LogP contribution in [0.3, 0.4) is 0 Å². The summed E-state index contributed by atoms with van der Waals surface area (Å²) in [6.07, 6.45) is 0.376. The first-order valence-corrected chi connectivity index (χ1v) is 1.99. The first-order chi connectivity index (χ1) is 3.66. The Morgan fingerprint density at radius 2 is 2.25 bits per heavy atom. The third-order valence-electron chi connectivity index (χ3n) is 0.406. The average molecular weight is 114 g/mol. The van der Waals surface area contributed by atoms with E-state index in [1.807, 2.05) is 0 Å². The topological polar surface area (TPSA) is 43.4 Å². The maximum atomic E-state index is 9.97. The van der Waals surface area contributed by atoms with E-state index in [4.69, 9.17) is 0 Å². The molecule has 0 aromatic heterocycles. The summed E-state index contributed by atoms with van der Waals surface area (Å²) in [6, 6.07) is 0. The van der Waals surface area contributed by atoms with Gasteiger partial charge in [-0.1, -0.05) is 6.58 Å². The van der Waals surface area contributed by atoms with Gasteiger partial charge in [0.25, 0.3) is 0 Å². The van der Waals surface area contributed by atoms with E-state index in [0.29, 0.717) is 6.29 Å². The highest BCUT2D eigenvalue weighted by Gasteiger charge is 1.93. The second-order valence-electron chi connectivity index (χ2n) is 1.18. The molecule has 0 rings (SSSR count). The molecule has 0 aromatic rings. The van der Waals surface area contributed by atoms with Crippen LogP contribution in [-0.2, 0) is 14.3 Å². The Morgan fingerprint density at radius 1 is 1.75 bits per heavy atom. The van der Waals surface area contributed by atoms with Crippen LogP contribution in [0.15, 0.2) is 12.3 Å². The van der Waals surface area contributed by atoms with Crippen LogP contribution in [0.1, 0.15) is 6.92 Å². The Hall–Kier alpha value is -1.12. The van der Waals surface area contributed by atoms with Crippen LogP contribution in [0.2, 0.25) is 0 Å². The molecule has 0 amide bonds. The molecule has 0 saturated carbocycles. The van der Waals surface area contributed by atoms with E-state index in [9.17, 15) is 9.59 Å². The van der Waals surface area contributed by atoms with Gasteiger partial charge >= 0.3 is 5.97 Å². The quantitative estimate of drug-likeness (QED) is 0.224. The van der Waals surface area contributed by atoms with Gasteiger partial charge in [0, 0.05) is 6.92 Å². The van der Waals surface area contributed by atoms with Gasteiger partial charge in [0.2, 0.25) is 0 Å². The van der Waals surface area contributed by atoms with Crippen molar-refractivity contribution >= 4 is 12.3 Å². The Bertz CT molecular complexity index is 126. The molecule has 0 bridgehead atoms. The Labute approximate surface area is 46.9 Å². The van der Waals surface area contributed by atoms with Gasteiger partial charge in [0.1, 0.15) is 0 Å². The number of rotatable bonds is 2. The summed E-state index contributed by atoms with van der Waals surface area (Å²) in [4.78, 5) is 19.6. The van der Waals surface area contributed by atoms with Crippen molar-refractivity contribution in [1.82, 2.24) is 0 Å². The molecule has 0 spiro atoms. The first-order valence-electron chi connectivity index (χ1n) is 1.99. The summed E-state index contributed by atoms with van der Waals surface area (Å²) >= 11 is 0. The number of allylic oxidation sites excluding steroid dienone is 1. The lowest BCUT2D eigenvalue weighted by molar-refractivity contribution is -0.138. The first kappa shape index (κ1) is 6.88. The van der Waals surface area contributed by atoms with Crippen LogP contribution >= 0.6 is 0 Å². The van der Waals surface area contributed by atoms with Gasteiger partial charge in [-0.15, -0.1) is 0 Å². The highest BCUT2D eigenvalue weighted by Crippen LogP contribution is 1.86. The van der Waals surface area contributed by atoms with E-state index in [0.717, 1.165) is 0 Å². The Balaban J connectivity index is 3.55. The van der Waals surface area contributed by atoms with Crippen LogP contribution in [0.25, 0.3) is 0 Å². The van der Waals surface area contributed by atoms with E-state index in [-0.39, 0.29) is 5.76 Å². The van der Waals surface area contributed by atoms with Crippen molar-refractivity contribution in [3.8, 4) is 0 Å². The van der Waals surface area contributed by atoms with Gasteiger partial charge in [0.05, 0.1) is 0 Å². The molecule has 0 aliphatic carbocycles. The second-order valence-corrected chi connectivity index (χ2v) is 1.18. The predicted octanol–water partition coefficient (Wildman–Crippen LogP) is 0.262. The molecule has 0 fully saturated rings. The number of hydrogen-bond donors (Lipinski definition) is 0. The number of aldehydes is 1. The maximum Gasteiger partial charge on any atom is 0.308 e. The minimum absolute atomic E-state index is 0.155. The highest BCUT2D eigenvalue weighted by molar-refractivity contribution is 5.76. The van der Waals surface area contributed by atoms with Crippen LogP contribution in [-0.4, -0.2) is 12.3 Å². The fourth-order valence-corrected chi connectivity index (χ4v) is 0.209. The summed E-state index contributed by atoms with van der Waals surface area (Å²) in [5, 5.41) is 0. The fraction of sp³-hybridized carbons (Fsp3) is 0.200. The standard InChI is InChI=1S/C5H6O3/c1-4(3-6)8-5(2)7/h3H,1H2,2H3. The third-order valence-corrected chi connectivity index (χ3v) is 0.406. The summed E-state index contributed by atoms with van der Waals surface area (Å²) in [7, 11) is 0. The van der Waals surface area contributed by atoms with Crippen molar-refractivity contribution < 1.29 is 14.3 Å². The van der Waals surface area contributed by atoms with Gasteiger partial charge in [-0.3, -0.25) is 9.59 Å². The van der Waals surface area contributed by atoms with Crippen molar-refractivity contribution in [2.75, 3.05) is 0 Å². The van der Waals surface area contributed by atoms with Crippen molar-refractivity contribution in [2.45, 2.75) is 6.92 Å². The smallest absolute Gasteiger partial charge is 0.308 e. The molecular weight excluding hydrogens is 108 g/mol. The normalized spacial score (nSPS) is 7.62. The molecule has 0 aliphatic rings. The molecule has 8 heavy (non-hydrogen) atoms. The average Bonchev–Trinajstić information content (AvgIpc) is 1.65. The lowest BCUT2D eigenvalue weighted by atomic mass is 10.6. The molecule has 0 aromatic carbocycles. The zero-order valence-corrected chi connectivity index (χ0v) is 4.51. The van der Waals surface area contributed by atoms with Crippen molar-refractivity contribution in [3.63, 3.8) is 0 Å². The molecule has 0 heterocycles. The molecule has 0 atom stereocenters. The lowest BCUT2D eigenvalue weighted by Crippen LogP contribution is -1.97. The largest absolute Gasteiger partial charge is 0.424 e. The minimum Gasteiger partial charge on any atom is -0.424 e. The van der Waals surface area contributed by atoms with E-state index < -0.39 is 5.97 Å². The van der Waals surface area contributed by atoms with E-state index >= 15 is 0 Å². The minimum atomic E-state index is -0.526. The number of carbonyl (C=O) groups excluding carboxylic acids is 2. The van der Waals surface area contributed by atoms with Crippen LogP contribution in [0.4, 0.5) is 0 Å². The van der Waals surface area contributed by atoms with Gasteiger partial charge in [-0.05, 0) is 0 Å². The molecule has 3 nitrogen and oxygen atoms in total. The highest BCUT2D eigenvalue weighted by atomic mass is 16.5. The third kappa shape index (κ3) is 3.08. The van der Waals surface area contributed by atoms with E-state index in [1.54, 1.807) is 0 Å². The van der Waals surface area contributed by atoms with Gasteiger partial charge in [-0.25, -0.2) is 0 Å². The zero-order valence-electron chi connectivity index (χ0n) is 4.51. The summed E-state index contributed by atoms with van der Waals surface area (Å²) in [5.74, 6) is -0.681. The van der Waals surface area contributed by atoms with Gasteiger partial charge in [0.15, 0.2) is 12.0 Å². The van der Waals surface area contributed by atoms with Crippen molar-refractivity contribution in [1.29, 1.82) is 0 Å². The summed E-state index contributed by atoms with van der Waals surface area (Å²) in [5.41, 5.74) is 0. The molecule has 0 radical (unpaired) electrons. The Kier molecular flexibility index (Phi) is 2.54. The molecule has 3 heteroatoms. The predicted molar refractivity (Wildman–Crippen MR) is 27.0 cm³/mol. The zero-order chi connectivity index (χ0) is 6.57. The SMILES string of the molecule is C=C(C=O)OC(C)=O. The molecule has 44 valence electrons. The van der Waals surface area contributed by atoms with Crippen LogP contribution in [0.5, 0.6) is 0 Å². The number of hydrogen-bond acceptors (Lipinski definition) is 3. The van der Waals surface area contributed by atoms with Crippen molar-refractivity contribution in [2.24, 2.45) is 0 Å². The second kappa shape index (κ2) is 2.96. The maximum absolute atomic E-state index is 9.97. The number of esters is 1. The lowest BCUT2D eigenvalue weighted by Gasteiger charge is -1.92. The fourth-order valence-electron chi connectivity index (χ4n) is 0.209. The van der Waals surface area contributed by atoms with Gasteiger partial charge < -0.3 is 4.74 Å². The molecule has 0 unspecified atom stereocenters. The van der Waals surface area contributed by atoms with Crippen molar-refractivity contribution in [3.05, 3.63) is 12.3 Å². The monoisotopic (exact) mass is 114 g/mol. The van der Waals surface area contributed by atoms with E-state index in [1.165, 1.54) is 6.92 Å². The van der Waals surface area contributed by atoms with Crippen LogP contribution in [0, 0.1) is 0 Å². The summed E-state index contributed by atoms with van der Waals surface area (Å²) < 4.78 is 4.20. The molecule has 0 saturated heterocycles. The van der Waals surface area contributed by atoms with Crippen LogP contribution < -0.4 is 0 Å². The molecule has 0 aliphatic heterocycles. The molecular formula is C5H6O3.